The molecule has 0 radical (unpaired) electrons. The fraction of sp³-hybridized carbons (Fsp3) is 0.417. The summed E-state index contributed by atoms with van der Waals surface area (Å²) in [5.41, 5.74) is 3.97. The van der Waals surface area contributed by atoms with E-state index in [1.165, 1.54) is 11.3 Å². The van der Waals surface area contributed by atoms with E-state index in [0.29, 0.717) is 36.9 Å². The molecule has 0 saturated carbocycles. The van der Waals surface area contributed by atoms with Crippen LogP contribution in [0.4, 0.5) is 10.8 Å². The van der Waals surface area contributed by atoms with Crippen LogP contribution in [0.15, 0.2) is 36.2 Å². The van der Waals surface area contributed by atoms with Crippen molar-refractivity contribution in [3.8, 4) is 11.3 Å². The largest absolute Gasteiger partial charge is 0.383 e. The molecular formula is C24H33N7O3SSi. The lowest BCUT2D eigenvalue weighted by Crippen LogP contribution is -2.26. The van der Waals surface area contributed by atoms with E-state index in [1.807, 2.05) is 47.6 Å². The quantitative estimate of drug-likeness (QED) is 0.208. The Morgan fingerprint density at radius 2 is 2.03 bits per heavy atom. The number of aryl methyl sites for hydroxylation is 1. The lowest BCUT2D eigenvalue weighted by atomic mass is 10.3. The van der Waals surface area contributed by atoms with E-state index in [0.717, 1.165) is 34.6 Å². The molecule has 10 nitrogen and oxygen atoms in total. The lowest BCUT2D eigenvalue weighted by molar-refractivity contribution is 0.0786. The van der Waals surface area contributed by atoms with Crippen molar-refractivity contribution in [2.45, 2.75) is 39.3 Å². The van der Waals surface area contributed by atoms with Gasteiger partial charge in [-0.3, -0.25) is 9.20 Å². The van der Waals surface area contributed by atoms with Crippen molar-refractivity contribution in [2.24, 2.45) is 0 Å². The molecule has 0 unspecified atom stereocenters. The van der Waals surface area contributed by atoms with Crippen LogP contribution in [0.2, 0.25) is 25.7 Å². The van der Waals surface area contributed by atoms with E-state index in [1.54, 1.807) is 11.8 Å². The molecule has 0 aromatic carbocycles. The third kappa shape index (κ3) is 6.58. The second-order valence-electron chi connectivity index (χ2n) is 9.76. The highest BCUT2D eigenvalue weighted by molar-refractivity contribution is 7.14. The normalized spacial score (nSPS) is 11.8. The van der Waals surface area contributed by atoms with Gasteiger partial charge in [0.25, 0.3) is 5.91 Å². The van der Waals surface area contributed by atoms with Gasteiger partial charge in [0.1, 0.15) is 6.73 Å². The molecule has 0 bridgehead atoms. The molecule has 36 heavy (non-hydrogen) atoms. The van der Waals surface area contributed by atoms with Crippen LogP contribution in [0.25, 0.3) is 16.9 Å². The molecular weight excluding hydrogens is 494 g/mol. The monoisotopic (exact) mass is 527 g/mol. The van der Waals surface area contributed by atoms with Gasteiger partial charge in [0.05, 0.1) is 41.0 Å². The number of ether oxygens (including phenoxy) is 2. The predicted octanol–water partition coefficient (Wildman–Crippen LogP) is 4.39. The number of aromatic nitrogens is 5. The summed E-state index contributed by atoms with van der Waals surface area (Å²) in [7, 11) is 0.487. The Morgan fingerprint density at radius 1 is 1.19 bits per heavy atom. The Hall–Kier alpha value is -3.06. The van der Waals surface area contributed by atoms with Gasteiger partial charge in [0.15, 0.2) is 11.5 Å². The van der Waals surface area contributed by atoms with E-state index in [9.17, 15) is 4.79 Å². The summed E-state index contributed by atoms with van der Waals surface area (Å²) >= 11 is 1.44. The van der Waals surface area contributed by atoms with Crippen molar-refractivity contribution in [2.75, 3.05) is 32.2 Å². The molecule has 0 aliphatic rings. The van der Waals surface area contributed by atoms with Crippen LogP contribution in [0, 0.1) is 6.92 Å². The zero-order valence-corrected chi connectivity index (χ0v) is 23.2. The van der Waals surface area contributed by atoms with Gasteiger partial charge < -0.3 is 20.1 Å². The average molecular weight is 528 g/mol. The molecule has 4 heterocycles. The van der Waals surface area contributed by atoms with Gasteiger partial charge in [-0.2, -0.15) is 5.10 Å². The van der Waals surface area contributed by atoms with Crippen molar-refractivity contribution in [1.29, 1.82) is 0 Å². The van der Waals surface area contributed by atoms with Crippen LogP contribution in [-0.4, -0.2) is 65.0 Å². The third-order valence-corrected chi connectivity index (χ3v) is 8.01. The number of nitrogens with zero attached hydrogens (tertiary/aromatic N) is 5. The number of thiophene rings is 1. The topological polar surface area (TPSA) is 108 Å². The standard InChI is InChI=1S/C24H33N7O3SSi/c1-17-13-31-20(19-11-27-30(14-19)16-34-8-9-36(3,4)5)12-26-23(31)22(28-17)29-21-10-18(15-35-21)24(32)25-6-7-33-2/h10-15H,6-9,16H2,1-5H3,(H,25,32)(H,28,29). The highest BCUT2D eigenvalue weighted by atomic mass is 32.1. The Bertz CT molecular complexity index is 1320. The number of methoxy groups -OCH3 is 1. The Morgan fingerprint density at radius 3 is 2.81 bits per heavy atom. The van der Waals surface area contributed by atoms with Crippen molar-refractivity contribution < 1.29 is 14.3 Å². The van der Waals surface area contributed by atoms with Gasteiger partial charge in [-0.05, 0) is 19.0 Å². The second-order valence-corrected chi connectivity index (χ2v) is 16.3. The first-order valence-electron chi connectivity index (χ1n) is 11.8. The highest BCUT2D eigenvalue weighted by Crippen LogP contribution is 2.28. The van der Waals surface area contributed by atoms with Gasteiger partial charge in [0.2, 0.25) is 0 Å². The molecule has 0 saturated heterocycles. The summed E-state index contributed by atoms with van der Waals surface area (Å²) in [6, 6.07) is 2.93. The van der Waals surface area contributed by atoms with E-state index >= 15 is 0 Å². The summed E-state index contributed by atoms with van der Waals surface area (Å²) in [5.74, 6) is 0.486. The molecule has 1 amide bonds. The zero-order valence-electron chi connectivity index (χ0n) is 21.4. The van der Waals surface area contributed by atoms with Gasteiger partial charge in [-0.15, -0.1) is 11.3 Å². The maximum absolute atomic E-state index is 12.3. The van der Waals surface area contributed by atoms with Gasteiger partial charge in [-0.25, -0.2) is 14.6 Å². The van der Waals surface area contributed by atoms with Gasteiger partial charge in [-0.1, -0.05) is 19.6 Å². The number of carbonyl (C=O) groups excluding carboxylic acids is 1. The van der Waals surface area contributed by atoms with E-state index in [2.05, 4.69) is 45.3 Å². The maximum atomic E-state index is 12.3. The van der Waals surface area contributed by atoms with Crippen LogP contribution < -0.4 is 10.6 Å². The summed E-state index contributed by atoms with van der Waals surface area (Å²) in [6.07, 6.45) is 7.56. The maximum Gasteiger partial charge on any atom is 0.252 e. The number of anilines is 2. The molecule has 4 aromatic heterocycles. The van der Waals surface area contributed by atoms with Crippen molar-refractivity contribution in [1.82, 2.24) is 29.5 Å². The fourth-order valence-electron chi connectivity index (χ4n) is 3.52. The Kier molecular flexibility index (Phi) is 8.19. The second kappa shape index (κ2) is 11.3. The Balaban J connectivity index is 1.48. The van der Waals surface area contributed by atoms with E-state index in [4.69, 9.17) is 9.47 Å². The van der Waals surface area contributed by atoms with Crippen LogP contribution >= 0.6 is 11.3 Å². The summed E-state index contributed by atoms with van der Waals surface area (Å²) in [6.45, 7) is 11.1. The summed E-state index contributed by atoms with van der Waals surface area (Å²) in [5, 5.41) is 13.2. The first-order chi connectivity index (χ1) is 17.2. The highest BCUT2D eigenvalue weighted by Gasteiger charge is 2.16. The van der Waals surface area contributed by atoms with Crippen molar-refractivity contribution >= 4 is 41.8 Å². The third-order valence-electron chi connectivity index (χ3n) is 5.46. The number of nitrogens with one attached hydrogen (secondary N) is 2. The SMILES string of the molecule is COCCNC(=O)c1csc(Nc2nc(C)cn3c(-c4cnn(COCC[Si](C)(C)C)c4)cnc23)c1. The molecule has 4 aromatic rings. The number of hydrogen-bond acceptors (Lipinski definition) is 8. The first kappa shape index (κ1) is 26.0. The first-order valence-corrected chi connectivity index (χ1v) is 16.4. The summed E-state index contributed by atoms with van der Waals surface area (Å²) < 4.78 is 14.6. The molecule has 12 heteroatoms. The Labute approximate surface area is 215 Å². The minimum absolute atomic E-state index is 0.136. The summed E-state index contributed by atoms with van der Waals surface area (Å²) in [4.78, 5) is 21.6. The van der Waals surface area contributed by atoms with E-state index in [-0.39, 0.29) is 5.91 Å². The molecule has 192 valence electrons. The molecule has 0 fully saturated rings. The van der Waals surface area contributed by atoms with Crippen LogP contribution in [0.3, 0.4) is 0 Å². The van der Waals surface area contributed by atoms with Crippen molar-refractivity contribution in [3.63, 3.8) is 0 Å². The zero-order chi connectivity index (χ0) is 25.7. The molecule has 0 aliphatic heterocycles. The van der Waals surface area contributed by atoms with Crippen LogP contribution in [0.5, 0.6) is 0 Å². The molecule has 4 rings (SSSR count). The van der Waals surface area contributed by atoms with E-state index < -0.39 is 8.07 Å². The lowest BCUT2D eigenvalue weighted by Gasteiger charge is -2.15. The number of imidazole rings is 1. The number of hydrogen-bond donors (Lipinski definition) is 2. The predicted molar refractivity (Wildman–Crippen MR) is 145 cm³/mol. The van der Waals surface area contributed by atoms with Crippen LogP contribution in [-0.2, 0) is 16.2 Å². The fourth-order valence-corrected chi connectivity index (χ4v) is 5.05. The smallest absolute Gasteiger partial charge is 0.252 e. The minimum Gasteiger partial charge on any atom is -0.383 e. The number of rotatable bonds is 12. The molecule has 2 N–H and O–H groups in total. The van der Waals surface area contributed by atoms with Gasteiger partial charge in [0, 0.05) is 51.7 Å². The molecule has 0 spiro atoms. The number of fused-ring (bicyclic) bond motifs is 1. The van der Waals surface area contributed by atoms with Crippen LogP contribution in [0.1, 0.15) is 16.1 Å². The number of carbonyl (C=O) groups is 1. The minimum atomic E-state index is -1.12. The molecule has 0 atom stereocenters. The number of amides is 1. The average Bonchev–Trinajstić information content (AvgIpc) is 3.56. The van der Waals surface area contributed by atoms with Gasteiger partial charge >= 0.3 is 0 Å². The van der Waals surface area contributed by atoms with Crippen molar-refractivity contribution in [3.05, 3.63) is 47.5 Å². The molecule has 0 aliphatic carbocycles.